The second-order valence-corrected chi connectivity index (χ2v) is 7.26. The highest BCUT2D eigenvalue weighted by molar-refractivity contribution is 5.99. The molecule has 9 heteroatoms. The number of rotatable bonds is 7. The number of carbonyl (C=O) groups is 3. The van der Waals surface area contributed by atoms with E-state index in [2.05, 4.69) is 15.4 Å². The molecule has 2 atom stereocenters. The van der Waals surface area contributed by atoms with Crippen molar-refractivity contribution in [3.63, 3.8) is 0 Å². The van der Waals surface area contributed by atoms with E-state index < -0.39 is 35.6 Å². The van der Waals surface area contributed by atoms with Crippen molar-refractivity contribution in [2.24, 2.45) is 16.9 Å². The van der Waals surface area contributed by atoms with Crippen LogP contribution in [0.1, 0.15) is 44.9 Å². The van der Waals surface area contributed by atoms with Gasteiger partial charge in [0.25, 0.3) is 5.91 Å². The number of hydrogen-bond acceptors (Lipinski definition) is 5. The fourth-order valence-electron chi connectivity index (χ4n) is 3.82. The zero-order valence-corrected chi connectivity index (χ0v) is 15.4. The second-order valence-electron chi connectivity index (χ2n) is 7.26. The van der Waals surface area contributed by atoms with Gasteiger partial charge in [-0.05, 0) is 24.5 Å². The number of carboxylic acids is 1. The molecule has 1 unspecified atom stereocenters. The Morgan fingerprint density at radius 3 is 2.68 bits per heavy atom. The predicted octanol–water partition coefficient (Wildman–Crippen LogP) is 2.42. The van der Waals surface area contributed by atoms with Crippen LogP contribution in [0.3, 0.4) is 0 Å². The number of amides is 2. The number of halogens is 1. The lowest BCUT2D eigenvalue weighted by Gasteiger charge is -2.26. The monoisotopic (exact) mass is 390 g/mol. The summed E-state index contributed by atoms with van der Waals surface area (Å²) in [6.45, 7) is 0. The van der Waals surface area contributed by atoms with Gasteiger partial charge in [-0.15, -0.1) is 0 Å². The van der Waals surface area contributed by atoms with Crippen LogP contribution >= 0.6 is 0 Å². The van der Waals surface area contributed by atoms with Crippen LogP contribution in [0.15, 0.2) is 23.4 Å². The molecule has 2 N–H and O–H groups in total. The van der Waals surface area contributed by atoms with Crippen molar-refractivity contribution in [2.75, 3.05) is 5.32 Å². The Balaban J connectivity index is 1.68. The summed E-state index contributed by atoms with van der Waals surface area (Å²) in [4.78, 5) is 40.6. The Bertz CT molecular complexity index is 762. The van der Waals surface area contributed by atoms with E-state index in [0.717, 1.165) is 36.9 Å². The van der Waals surface area contributed by atoms with E-state index in [1.54, 1.807) is 0 Å². The number of aliphatic carboxylic acids is 1. The van der Waals surface area contributed by atoms with E-state index in [1.807, 2.05) is 0 Å². The molecule has 150 valence electrons. The first-order valence-corrected chi connectivity index (χ1v) is 9.43. The molecule has 1 saturated carbocycles. The van der Waals surface area contributed by atoms with Crippen LogP contribution < -0.4 is 5.32 Å². The molecule has 1 aromatic heterocycles. The summed E-state index contributed by atoms with van der Waals surface area (Å²) in [6, 6.07) is 1.61. The van der Waals surface area contributed by atoms with Gasteiger partial charge in [-0.2, -0.15) is 5.10 Å². The number of nitrogens with one attached hydrogen (secondary N) is 1. The van der Waals surface area contributed by atoms with Crippen molar-refractivity contribution >= 4 is 29.8 Å². The Labute approximate surface area is 161 Å². The highest BCUT2D eigenvalue weighted by atomic mass is 19.1. The van der Waals surface area contributed by atoms with Crippen molar-refractivity contribution in [1.82, 2.24) is 9.99 Å². The van der Waals surface area contributed by atoms with Crippen molar-refractivity contribution in [3.8, 4) is 0 Å². The summed E-state index contributed by atoms with van der Waals surface area (Å²) >= 11 is 0. The highest BCUT2D eigenvalue weighted by Crippen LogP contribution is 2.33. The first-order chi connectivity index (χ1) is 13.4. The van der Waals surface area contributed by atoms with Gasteiger partial charge in [0, 0.05) is 12.6 Å². The van der Waals surface area contributed by atoms with Crippen molar-refractivity contribution in [1.29, 1.82) is 0 Å². The summed E-state index contributed by atoms with van der Waals surface area (Å²) in [5, 5.41) is 16.9. The summed E-state index contributed by atoms with van der Waals surface area (Å²) in [6.07, 6.45) is 7.05. The summed E-state index contributed by atoms with van der Waals surface area (Å²) in [7, 11) is 0. The van der Waals surface area contributed by atoms with Crippen molar-refractivity contribution in [3.05, 3.63) is 24.1 Å². The minimum absolute atomic E-state index is 0.166. The zero-order valence-electron chi connectivity index (χ0n) is 15.4. The summed E-state index contributed by atoms with van der Waals surface area (Å²) in [5.74, 6) is -2.74. The molecule has 8 nitrogen and oxygen atoms in total. The topological polar surface area (TPSA) is 112 Å². The van der Waals surface area contributed by atoms with Crippen LogP contribution in [-0.4, -0.2) is 45.1 Å². The Hall–Kier alpha value is -2.84. The highest BCUT2D eigenvalue weighted by Gasteiger charge is 2.38. The smallest absolute Gasteiger partial charge is 0.304 e. The lowest BCUT2D eigenvalue weighted by Crippen LogP contribution is -2.44. The molecule has 0 spiro atoms. The Kier molecular flexibility index (Phi) is 6.33. The maximum Gasteiger partial charge on any atom is 0.304 e. The Morgan fingerprint density at radius 1 is 1.29 bits per heavy atom. The second kappa shape index (κ2) is 8.90. The molecule has 1 fully saturated rings. The quantitative estimate of drug-likeness (QED) is 0.743. The third-order valence-corrected chi connectivity index (χ3v) is 5.20. The minimum Gasteiger partial charge on any atom is -0.481 e. The molecule has 2 aliphatic rings. The van der Waals surface area contributed by atoms with Crippen LogP contribution in [0.5, 0.6) is 0 Å². The maximum atomic E-state index is 13.0. The average Bonchev–Trinajstić information content (AvgIpc) is 3.33. The number of nitrogens with zero attached hydrogens (tertiary/aromatic N) is 3. The minimum atomic E-state index is -1.05. The number of carboxylic acid groups (broad SMARTS) is 1. The molecule has 0 saturated heterocycles. The zero-order chi connectivity index (χ0) is 20.1. The fraction of sp³-hybridized carbons (Fsp3) is 0.526. The molecule has 1 aliphatic heterocycles. The molecular weight excluding hydrogens is 367 g/mol. The van der Waals surface area contributed by atoms with E-state index in [9.17, 15) is 23.9 Å². The third kappa shape index (κ3) is 4.90. The van der Waals surface area contributed by atoms with E-state index in [4.69, 9.17) is 0 Å². The van der Waals surface area contributed by atoms with Crippen LogP contribution in [0.2, 0.25) is 0 Å². The molecule has 28 heavy (non-hydrogen) atoms. The average molecular weight is 390 g/mol. The van der Waals surface area contributed by atoms with Gasteiger partial charge in [0.05, 0.1) is 18.5 Å². The first-order valence-electron chi connectivity index (χ1n) is 9.43. The molecule has 2 heterocycles. The third-order valence-electron chi connectivity index (χ3n) is 5.20. The number of hydrogen-bond donors (Lipinski definition) is 2. The molecule has 0 bridgehead atoms. The number of pyridine rings is 1. The van der Waals surface area contributed by atoms with Crippen molar-refractivity contribution in [2.45, 2.75) is 51.0 Å². The molecule has 0 aromatic carbocycles. The number of anilines is 1. The number of aromatic nitrogens is 1. The normalized spacial score (nSPS) is 20.3. The van der Waals surface area contributed by atoms with Gasteiger partial charge in [0.2, 0.25) is 5.91 Å². The molecule has 3 rings (SSSR count). The fourth-order valence-corrected chi connectivity index (χ4v) is 3.82. The van der Waals surface area contributed by atoms with Crippen LogP contribution in [0.25, 0.3) is 0 Å². The van der Waals surface area contributed by atoms with E-state index >= 15 is 0 Å². The standard InChI is InChI=1S/C19H23FN4O4/c20-14-5-6-16(21-11-14)23-18(27)15-7-8-22-24(15)19(28)13(10-17(25)26)9-12-3-1-2-4-12/h5-6,8,11-13,15H,1-4,7,9-10H2,(H,25,26)(H,21,23,27)/t13-,15?/m1/s1. The largest absolute Gasteiger partial charge is 0.481 e. The van der Waals surface area contributed by atoms with Crippen LogP contribution in [-0.2, 0) is 14.4 Å². The maximum absolute atomic E-state index is 13.0. The van der Waals surface area contributed by atoms with Gasteiger partial charge in [0.1, 0.15) is 17.7 Å². The Morgan fingerprint density at radius 2 is 2.04 bits per heavy atom. The van der Waals surface area contributed by atoms with Gasteiger partial charge >= 0.3 is 5.97 Å². The van der Waals surface area contributed by atoms with E-state index in [1.165, 1.54) is 18.3 Å². The number of hydrazone groups is 1. The summed E-state index contributed by atoms with van der Waals surface area (Å²) < 4.78 is 13.0. The molecule has 0 radical (unpaired) electrons. The van der Waals surface area contributed by atoms with Crippen LogP contribution in [0.4, 0.5) is 10.2 Å². The van der Waals surface area contributed by atoms with Crippen molar-refractivity contribution < 1.29 is 23.9 Å². The van der Waals surface area contributed by atoms with Gasteiger partial charge < -0.3 is 10.4 Å². The molecule has 1 aliphatic carbocycles. The van der Waals surface area contributed by atoms with Gasteiger partial charge in [-0.1, -0.05) is 25.7 Å². The van der Waals surface area contributed by atoms with Crippen LogP contribution in [0, 0.1) is 17.7 Å². The van der Waals surface area contributed by atoms with Gasteiger partial charge in [-0.25, -0.2) is 14.4 Å². The lowest BCUT2D eigenvalue weighted by atomic mass is 9.90. The lowest BCUT2D eigenvalue weighted by molar-refractivity contribution is -0.147. The molecular formula is C19H23FN4O4. The predicted molar refractivity (Wildman–Crippen MR) is 98.9 cm³/mol. The van der Waals surface area contributed by atoms with Gasteiger partial charge in [0.15, 0.2) is 0 Å². The van der Waals surface area contributed by atoms with E-state index in [0.29, 0.717) is 12.3 Å². The summed E-state index contributed by atoms with van der Waals surface area (Å²) in [5.41, 5.74) is 0. The molecule has 1 aromatic rings. The van der Waals surface area contributed by atoms with Gasteiger partial charge in [-0.3, -0.25) is 14.4 Å². The van der Waals surface area contributed by atoms with E-state index in [-0.39, 0.29) is 18.7 Å². The number of carbonyl (C=O) groups excluding carboxylic acids is 2. The SMILES string of the molecule is O=C(O)C[C@@H](CC1CCCC1)C(=O)N1N=CCC1C(=O)Nc1ccc(F)cn1. The molecule has 2 amide bonds. The first kappa shape index (κ1) is 19.9.